The molecule has 0 atom stereocenters. The fourth-order valence-electron chi connectivity index (χ4n) is 5.01. The maximum absolute atomic E-state index is 10.3. The summed E-state index contributed by atoms with van der Waals surface area (Å²) in [6.45, 7) is 0. The van der Waals surface area contributed by atoms with Gasteiger partial charge in [0.15, 0.2) is 68.8 Å². The van der Waals surface area contributed by atoms with Gasteiger partial charge in [0.25, 0.3) is 0 Å². The van der Waals surface area contributed by atoms with Crippen molar-refractivity contribution in [2.75, 3.05) is 0 Å². The molecule has 12 heterocycles. The van der Waals surface area contributed by atoms with Crippen LogP contribution in [0.2, 0.25) is 0 Å². The van der Waals surface area contributed by atoms with Crippen molar-refractivity contribution in [1.82, 2.24) is 120 Å². The number of H-pyrrole nitrogens is 6. The van der Waals surface area contributed by atoms with Gasteiger partial charge in [-0.15, -0.1) is 0 Å². The number of fused-ring (bicyclic) bond motifs is 6. The van der Waals surface area contributed by atoms with Crippen molar-refractivity contribution in [2.24, 2.45) is 0 Å². The Hall–Kier alpha value is -8.10. The van der Waals surface area contributed by atoms with Gasteiger partial charge in [-0.3, -0.25) is 0 Å². The van der Waals surface area contributed by atoms with Gasteiger partial charge in [0.05, 0.1) is 75.1 Å². The number of imidazole rings is 6. The largest absolute Gasteiger partial charge is 2.00 e. The van der Waals surface area contributed by atoms with E-state index >= 15 is 0 Å². The Morgan fingerprint density at radius 2 is 0.387 bits per heavy atom. The molecule has 75 heavy (non-hydrogen) atoms. The molecule has 360 valence electrons. The van der Waals surface area contributed by atoms with Crippen LogP contribution in [0.25, 0.3) is 67.0 Å². The average Bonchev–Trinajstić information content (AvgIpc) is 4.25. The minimum absolute atomic E-state index is 0. The number of carboxylic acid groups (broad SMARTS) is 6. The molecule has 39 heteroatoms. The van der Waals surface area contributed by atoms with Crippen LogP contribution in [0, 0.1) is 0 Å². The Bertz CT molecular complexity index is 3280. The third-order valence-electron chi connectivity index (χ3n) is 8.15. The Morgan fingerprint density at radius 1 is 0.253 bits per heavy atom. The molecule has 6 N–H and O–H groups in total. The second kappa shape index (κ2) is 27.8. The quantitative estimate of drug-likeness (QED) is 0.0842. The van der Waals surface area contributed by atoms with Gasteiger partial charge >= 0.3 is 113 Å². The van der Waals surface area contributed by atoms with E-state index in [0.29, 0.717) is 67.0 Å². The number of rotatable bonds is 6. The summed E-state index contributed by atoms with van der Waals surface area (Å²) in [5.74, 6) is -10.5. The van der Waals surface area contributed by atoms with E-state index in [2.05, 4.69) is 120 Å². The molecular weight excluding hydrogens is 1080 g/mol. The van der Waals surface area contributed by atoms with Gasteiger partial charge < -0.3 is 89.3 Å². The third kappa shape index (κ3) is 15.9. The first-order valence-electron chi connectivity index (χ1n) is 18.9. The van der Waals surface area contributed by atoms with Gasteiger partial charge in [0, 0.05) is 0 Å². The molecule has 12 aromatic heterocycles. The van der Waals surface area contributed by atoms with Crippen molar-refractivity contribution in [3.8, 4) is 0 Å². The van der Waals surface area contributed by atoms with E-state index in [1.54, 1.807) is 0 Å². The molecule has 36 nitrogen and oxygen atoms in total. The molecule has 0 saturated heterocycles. The van der Waals surface area contributed by atoms with E-state index in [1.165, 1.54) is 75.1 Å². The van der Waals surface area contributed by atoms with Gasteiger partial charge in [0.1, 0.15) is 68.9 Å². The molecule has 0 aliphatic heterocycles. The van der Waals surface area contributed by atoms with Crippen LogP contribution in [0.15, 0.2) is 75.1 Å². The standard InChI is InChI=1S/6C6H4N4O2.3Ca/c6*11-6(12)5-7-1-3-4(10-5)9-2-8-3;;;/h6*1-2H,(H,11,12)(H,7,8,9,10);;;/q;;;;;;3*+2/p-6. The monoisotopic (exact) mass is 1100 g/mol. The predicted octanol–water partition coefficient (Wildman–Crippen LogP) is -8.84. The molecule has 0 fully saturated rings. The molecule has 12 rings (SSSR count). The number of nitrogens with zero attached hydrogens (tertiary/aromatic N) is 18. The molecule has 0 amide bonds. The first kappa shape index (κ1) is 59.5. The van der Waals surface area contributed by atoms with Crippen LogP contribution in [0.4, 0.5) is 0 Å². The predicted molar refractivity (Wildman–Crippen MR) is 233 cm³/mol. The minimum Gasteiger partial charge on any atom is -0.542 e. The van der Waals surface area contributed by atoms with Crippen LogP contribution in [-0.4, -0.2) is 269 Å². The number of aromatic amines is 6. The first-order valence-corrected chi connectivity index (χ1v) is 18.9. The Balaban J connectivity index is 0.000000193. The van der Waals surface area contributed by atoms with Gasteiger partial charge in [-0.2, -0.15) is 0 Å². The molecule has 0 bridgehead atoms. The van der Waals surface area contributed by atoms with Crippen LogP contribution in [0.1, 0.15) is 63.7 Å². The number of hydrogen-bond acceptors (Lipinski definition) is 30. The Morgan fingerprint density at radius 3 is 0.507 bits per heavy atom. The molecule has 0 unspecified atom stereocenters. The zero-order valence-corrected chi connectivity index (χ0v) is 43.6. The summed E-state index contributed by atoms with van der Waals surface area (Å²) >= 11 is 0. The van der Waals surface area contributed by atoms with Crippen molar-refractivity contribution in [1.29, 1.82) is 0 Å². The topological polar surface area (TPSA) is 568 Å². The van der Waals surface area contributed by atoms with Crippen molar-refractivity contribution in [2.45, 2.75) is 0 Å². The molecule has 0 saturated carbocycles. The summed E-state index contributed by atoms with van der Waals surface area (Å²) in [6, 6.07) is 0. The Kier molecular flexibility index (Phi) is 22.1. The summed E-state index contributed by atoms with van der Waals surface area (Å²) in [7, 11) is 0. The maximum atomic E-state index is 10.3. The normalized spacial score (nSPS) is 9.92. The fourth-order valence-corrected chi connectivity index (χ4v) is 5.01. The number of nitrogens with one attached hydrogen (secondary N) is 6. The number of aromatic nitrogens is 24. The van der Waals surface area contributed by atoms with Crippen LogP contribution in [-0.2, 0) is 0 Å². The number of carbonyl (C=O) groups is 6. The Labute approximate surface area is 499 Å². The molecule has 0 aliphatic rings. The van der Waals surface area contributed by atoms with Gasteiger partial charge in [0.2, 0.25) is 0 Å². The van der Waals surface area contributed by atoms with Crippen molar-refractivity contribution >= 4 is 216 Å². The van der Waals surface area contributed by atoms with Crippen molar-refractivity contribution in [3.63, 3.8) is 0 Å². The first-order chi connectivity index (χ1) is 34.6. The van der Waals surface area contributed by atoms with E-state index in [0.717, 1.165) is 0 Å². The number of aromatic carboxylic acids is 6. The second-order valence-corrected chi connectivity index (χ2v) is 12.7. The zero-order chi connectivity index (χ0) is 51.3. The molecular formula is C36H18Ca3N24O12. The zero-order valence-electron chi connectivity index (χ0n) is 37.0. The van der Waals surface area contributed by atoms with E-state index in [1.807, 2.05) is 0 Å². The summed E-state index contributed by atoms with van der Waals surface area (Å²) < 4.78 is 0. The molecule has 12 aromatic rings. The summed E-state index contributed by atoms with van der Waals surface area (Å²) in [5.41, 5.74) is 5.52. The number of carbonyl (C=O) groups excluding carboxylic acids is 6. The summed E-state index contributed by atoms with van der Waals surface area (Å²) in [4.78, 5) is 144. The van der Waals surface area contributed by atoms with Gasteiger partial charge in [-0.1, -0.05) is 0 Å². The van der Waals surface area contributed by atoms with Gasteiger partial charge in [-0.25, -0.2) is 89.7 Å². The van der Waals surface area contributed by atoms with Crippen molar-refractivity contribution in [3.05, 3.63) is 110 Å². The molecule has 0 radical (unpaired) electrons. The third-order valence-corrected chi connectivity index (χ3v) is 8.15. The second-order valence-electron chi connectivity index (χ2n) is 12.7. The number of hydrogen-bond donors (Lipinski definition) is 6. The van der Waals surface area contributed by atoms with Crippen LogP contribution >= 0.6 is 0 Å². The van der Waals surface area contributed by atoms with Crippen LogP contribution in [0.3, 0.4) is 0 Å². The van der Waals surface area contributed by atoms with E-state index in [-0.39, 0.29) is 148 Å². The minimum atomic E-state index is -1.40. The number of carboxylic acids is 6. The van der Waals surface area contributed by atoms with Crippen LogP contribution < -0.4 is 30.6 Å². The summed E-state index contributed by atoms with van der Waals surface area (Å²) in [5, 5.41) is 61.8. The van der Waals surface area contributed by atoms with Crippen LogP contribution in [0.5, 0.6) is 0 Å². The van der Waals surface area contributed by atoms with Gasteiger partial charge in [-0.05, 0) is 0 Å². The van der Waals surface area contributed by atoms with E-state index in [4.69, 9.17) is 0 Å². The van der Waals surface area contributed by atoms with E-state index in [9.17, 15) is 59.4 Å². The summed E-state index contributed by atoms with van der Waals surface area (Å²) in [6.07, 6.45) is 16.6. The molecule has 0 aromatic carbocycles. The average molecular weight is 1100 g/mol. The van der Waals surface area contributed by atoms with Crippen molar-refractivity contribution < 1.29 is 59.4 Å². The maximum Gasteiger partial charge on any atom is 2.00 e. The molecule has 0 spiro atoms. The van der Waals surface area contributed by atoms with E-state index < -0.39 is 35.8 Å². The fraction of sp³-hybridized carbons (Fsp3) is 0. The smallest absolute Gasteiger partial charge is 0.542 e. The molecule has 0 aliphatic carbocycles. The SMILES string of the molecule is O=C([O-])c1ncc2[nH]cnc2n1.O=C([O-])c1ncc2[nH]cnc2n1.O=C([O-])c1ncc2[nH]cnc2n1.O=C([O-])c1ncc2[nH]cnc2n1.O=C([O-])c1ncc2[nH]cnc2n1.O=C([O-])c1ncc2[nH]cnc2n1.[Ca+2].[Ca+2].[Ca+2].